The Kier molecular flexibility index (Phi) is 6.81. The first-order valence-electron chi connectivity index (χ1n) is 9.36. The Hall–Kier alpha value is -2.15. The maximum atomic E-state index is 13.1. The Balaban J connectivity index is 2.29. The van der Waals surface area contributed by atoms with Gasteiger partial charge in [0, 0.05) is 37.4 Å². The SMILES string of the molecule is COC(=O)c1c(C)c(C(=O)CN(CC2CCCO2)C(=O)C(C)C)c(C)n1C. The van der Waals surface area contributed by atoms with Gasteiger partial charge in [-0.3, -0.25) is 9.59 Å². The molecule has 2 heterocycles. The normalized spacial score (nSPS) is 16.6. The van der Waals surface area contributed by atoms with Gasteiger partial charge in [0.1, 0.15) is 5.69 Å². The number of carbonyl (C=O) groups excluding carboxylic acids is 3. The molecule has 1 aromatic rings. The van der Waals surface area contributed by atoms with Crippen molar-refractivity contribution in [3.05, 3.63) is 22.5 Å². The molecule has 0 aromatic carbocycles. The molecule has 0 radical (unpaired) electrons. The average Bonchev–Trinajstić information content (AvgIpc) is 3.20. The summed E-state index contributed by atoms with van der Waals surface area (Å²) in [6.45, 7) is 8.26. The first kappa shape index (κ1) is 21.2. The maximum Gasteiger partial charge on any atom is 0.354 e. The van der Waals surface area contributed by atoms with Crippen LogP contribution in [0, 0.1) is 19.8 Å². The Morgan fingerprint density at radius 2 is 1.96 bits per heavy atom. The molecule has 7 nitrogen and oxygen atoms in total. The van der Waals surface area contributed by atoms with Crippen LogP contribution in [0.1, 0.15) is 58.8 Å². The van der Waals surface area contributed by atoms with Crippen molar-refractivity contribution in [3.8, 4) is 0 Å². The molecule has 1 aromatic heterocycles. The maximum absolute atomic E-state index is 13.1. The molecule has 1 fully saturated rings. The second kappa shape index (κ2) is 8.69. The van der Waals surface area contributed by atoms with E-state index >= 15 is 0 Å². The molecule has 0 N–H and O–H groups in total. The van der Waals surface area contributed by atoms with Crippen LogP contribution in [0.4, 0.5) is 0 Å². The molecule has 1 saturated heterocycles. The third-order valence-corrected chi connectivity index (χ3v) is 5.18. The van der Waals surface area contributed by atoms with Crippen molar-refractivity contribution >= 4 is 17.7 Å². The average molecular weight is 378 g/mol. The first-order chi connectivity index (χ1) is 12.7. The number of hydrogen-bond donors (Lipinski definition) is 0. The zero-order valence-electron chi connectivity index (χ0n) is 17.1. The lowest BCUT2D eigenvalue weighted by molar-refractivity contribution is -0.135. The Morgan fingerprint density at radius 1 is 1.30 bits per heavy atom. The fourth-order valence-corrected chi connectivity index (χ4v) is 3.66. The molecule has 7 heteroatoms. The minimum atomic E-state index is -0.480. The van der Waals surface area contributed by atoms with Gasteiger partial charge in [0.25, 0.3) is 0 Å². The zero-order chi connectivity index (χ0) is 20.3. The molecule has 2 rings (SSSR count). The highest BCUT2D eigenvalue weighted by Gasteiger charge is 2.30. The van der Waals surface area contributed by atoms with E-state index in [2.05, 4.69) is 0 Å². The van der Waals surface area contributed by atoms with Gasteiger partial charge in [0.05, 0.1) is 19.8 Å². The third kappa shape index (κ3) is 4.40. The summed E-state index contributed by atoms with van der Waals surface area (Å²) in [5.74, 6) is -0.935. The fraction of sp³-hybridized carbons (Fsp3) is 0.650. The van der Waals surface area contributed by atoms with E-state index in [0.29, 0.717) is 35.7 Å². The molecule has 0 saturated carbocycles. The van der Waals surface area contributed by atoms with Gasteiger partial charge in [0.2, 0.25) is 5.91 Å². The monoisotopic (exact) mass is 378 g/mol. The van der Waals surface area contributed by atoms with Crippen LogP contribution in [0.5, 0.6) is 0 Å². The van der Waals surface area contributed by atoms with Crippen LogP contribution in [0.25, 0.3) is 0 Å². The number of esters is 1. The number of ether oxygens (including phenoxy) is 2. The minimum absolute atomic E-state index is 0.0240. The second-order valence-corrected chi connectivity index (χ2v) is 7.42. The van der Waals surface area contributed by atoms with Crippen molar-refractivity contribution in [2.45, 2.75) is 46.6 Å². The van der Waals surface area contributed by atoms with E-state index in [4.69, 9.17) is 9.47 Å². The fourth-order valence-electron chi connectivity index (χ4n) is 3.66. The molecule has 1 amide bonds. The predicted molar refractivity (Wildman–Crippen MR) is 101 cm³/mol. The summed E-state index contributed by atoms with van der Waals surface area (Å²) in [4.78, 5) is 39.4. The van der Waals surface area contributed by atoms with Crippen LogP contribution in [0.15, 0.2) is 0 Å². The van der Waals surface area contributed by atoms with Crippen LogP contribution in [0.2, 0.25) is 0 Å². The zero-order valence-corrected chi connectivity index (χ0v) is 17.1. The summed E-state index contributed by atoms with van der Waals surface area (Å²) in [6, 6.07) is 0. The third-order valence-electron chi connectivity index (χ3n) is 5.18. The number of ketones is 1. The molecule has 0 spiro atoms. The number of aromatic nitrogens is 1. The molecule has 150 valence electrons. The summed E-state index contributed by atoms with van der Waals surface area (Å²) in [5.41, 5.74) is 2.11. The summed E-state index contributed by atoms with van der Waals surface area (Å²) >= 11 is 0. The lowest BCUT2D eigenvalue weighted by Gasteiger charge is -2.26. The van der Waals surface area contributed by atoms with Crippen LogP contribution >= 0.6 is 0 Å². The standard InChI is InChI=1S/C20H30N2O5/c1-12(2)19(24)22(10-15-8-7-9-27-15)11-16(23)17-13(3)18(20(25)26-6)21(5)14(17)4/h12,15H,7-11H2,1-6H3. The van der Waals surface area contributed by atoms with Gasteiger partial charge in [-0.05, 0) is 32.3 Å². The smallest absolute Gasteiger partial charge is 0.354 e. The molecule has 0 bridgehead atoms. The van der Waals surface area contributed by atoms with Crippen LogP contribution in [0.3, 0.4) is 0 Å². The van der Waals surface area contributed by atoms with E-state index in [0.717, 1.165) is 12.8 Å². The van der Waals surface area contributed by atoms with Crippen molar-refractivity contribution in [2.75, 3.05) is 26.8 Å². The van der Waals surface area contributed by atoms with Gasteiger partial charge in [-0.25, -0.2) is 4.79 Å². The van der Waals surface area contributed by atoms with Crippen LogP contribution in [-0.2, 0) is 21.3 Å². The molecule has 1 unspecified atom stereocenters. The summed E-state index contributed by atoms with van der Waals surface area (Å²) in [6.07, 6.45) is 1.84. The molecule has 1 aliphatic heterocycles. The Morgan fingerprint density at radius 3 is 2.48 bits per heavy atom. The van der Waals surface area contributed by atoms with Crippen molar-refractivity contribution in [1.29, 1.82) is 0 Å². The number of Topliss-reactive ketones (excluding diaryl/α,β-unsaturated/α-hetero) is 1. The molecule has 0 aliphatic carbocycles. The molecular weight excluding hydrogens is 348 g/mol. The van der Waals surface area contributed by atoms with Gasteiger partial charge in [0.15, 0.2) is 5.78 Å². The highest BCUT2D eigenvalue weighted by Crippen LogP contribution is 2.23. The van der Waals surface area contributed by atoms with Gasteiger partial charge in [-0.2, -0.15) is 0 Å². The molecular formula is C20H30N2O5. The lowest BCUT2D eigenvalue weighted by Crippen LogP contribution is -2.42. The largest absolute Gasteiger partial charge is 0.464 e. The molecule has 27 heavy (non-hydrogen) atoms. The molecule has 1 atom stereocenters. The predicted octanol–water partition coefficient (Wildman–Crippen LogP) is 2.27. The van der Waals surface area contributed by atoms with E-state index in [-0.39, 0.29) is 30.3 Å². The van der Waals surface area contributed by atoms with E-state index in [9.17, 15) is 14.4 Å². The van der Waals surface area contributed by atoms with Crippen molar-refractivity contribution in [3.63, 3.8) is 0 Å². The van der Waals surface area contributed by atoms with Crippen molar-refractivity contribution < 1.29 is 23.9 Å². The van der Waals surface area contributed by atoms with Crippen molar-refractivity contribution in [2.24, 2.45) is 13.0 Å². The van der Waals surface area contributed by atoms with Crippen molar-refractivity contribution in [1.82, 2.24) is 9.47 Å². The lowest BCUT2D eigenvalue weighted by atomic mass is 10.0. The number of carbonyl (C=O) groups is 3. The van der Waals surface area contributed by atoms with Gasteiger partial charge >= 0.3 is 5.97 Å². The van der Waals surface area contributed by atoms with E-state index < -0.39 is 5.97 Å². The van der Waals surface area contributed by atoms with E-state index in [1.54, 1.807) is 30.4 Å². The summed E-state index contributed by atoms with van der Waals surface area (Å²) < 4.78 is 12.1. The highest BCUT2D eigenvalue weighted by atomic mass is 16.5. The number of rotatable bonds is 7. The number of methoxy groups -OCH3 is 1. The van der Waals surface area contributed by atoms with Gasteiger partial charge in [-0.15, -0.1) is 0 Å². The number of amides is 1. The highest BCUT2D eigenvalue weighted by molar-refractivity contribution is 6.04. The number of hydrogen-bond acceptors (Lipinski definition) is 5. The Bertz CT molecular complexity index is 729. The summed E-state index contributed by atoms with van der Waals surface area (Å²) in [5, 5.41) is 0. The quantitative estimate of drug-likeness (QED) is 0.537. The van der Waals surface area contributed by atoms with Gasteiger partial charge < -0.3 is 18.9 Å². The topological polar surface area (TPSA) is 77.8 Å². The van der Waals surface area contributed by atoms with E-state index in [1.807, 2.05) is 13.8 Å². The summed E-state index contributed by atoms with van der Waals surface area (Å²) in [7, 11) is 3.05. The van der Waals surface area contributed by atoms with Gasteiger partial charge in [-0.1, -0.05) is 13.8 Å². The molecule has 1 aliphatic rings. The van der Waals surface area contributed by atoms with E-state index in [1.165, 1.54) is 7.11 Å². The van der Waals surface area contributed by atoms with Crippen LogP contribution in [-0.4, -0.2) is 60.0 Å². The van der Waals surface area contributed by atoms with Crippen LogP contribution < -0.4 is 0 Å². The Labute approximate surface area is 160 Å². The number of nitrogens with zero attached hydrogens (tertiary/aromatic N) is 2. The minimum Gasteiger partial charge on any atom is -0.464 e. The second-order valence-electron chi connectivity index (χ2n) is 7.42. The first-order valence-corrected chi connectivity index (χ1v) is 9.36.